The van der Waals surface area contributed by atoms with Crippen LogP contribution in [0.4, 0.5) is 18.0 Å². The minimum absolute atomic E-state index is 0.337. The van der Waals surface area contributed by atoms with E-state index in [1.54, 1.807) is 13.8 Å². The second-order valence-electron chi connectivity index (χ2n) is 3.46. The lowest BCUT2D eigenvalue weighted by Crippen LogP contribution is -2.48. The van der Waals surface area contributed by atoms with Crippen LogP contribution < -0.4 is 11.1 Å². The lowest BCUT2D eigenvalue weighted by molar-refractivity contribution is -0.160. The highest BCUT2D eigenvalue weighted by Crippen LogP contribution is 2.14. The molecule has 0 fully saturated rings. The van der Waals surface area contributed by atoms with Gasteiger partial charge < -0.3 is 15.8 Å². The van der Waals surface area contributed by atoms with Crippen LogP contribution in [-0.2, 0) is 9.53 Å². The zero-order valence-corrected chi connectivity index (χ0v) is 8.80. The molecule has 0 saturated heterocycles. The van der Waals surface area contributed by atoms with Crippen LogP contribution in [0, 0.1) is 5.92 Å². The number of nitrogens with one attached hydrogen (secondary N) is 1. The van der Waals surface area contributed by atoms with Gasteiger partial charge in [-0.05, 0) is 5.92 Å². The average Bonchev–Trinajstić information content (AvgIpc) is 2.08. The number of hydrogen-bond acceptors (Lipinski definition) is 3. The van der Waals surface area contributed by atoms with Crippen molar-refractivity contribution >= 4 is 12.0 Å². The predicted octanol–water partition coefficient (Wildman–Crippen LogP) is 0.785. The first kappa shape index (κ1) is 14.5. The molecule has 5 nitrogen and oxygen atoms in total. The van der Waals surface area contributed by atoms with Gasteiger partial charge in [-0.25, -0.2) is 4.79 Å². The van der Waals surface area contributed by atoms with Crippen molar-refractivity contribution in [2.24, 2.45) is 11.7 Å². The summed E-state index contributed by atoms with van der Waals surface area (Å²) in [6.07, 6.45) is -5.92. The maximum atomic E-state index is 11.7. The highest BCUT2D eigenvalue weighted by molar-refractivity contribution is 5.84. The van der Waals surface area contributed by atoms with Crippen LogP contribution in [0.25, 0.3) is 0 Å². The van der Waals surface area contributed by atoms with Crippen molar-refractivity contribution in [3.63, 3.8) is 0 Å². The molecule has 2 amide bonds. The van der Waals surface area contributed by atoms with E-state index in [9.17, 15) is 22.8 Å². The van der Waals surface area contributed by atoms with Crippen LogP contribution in [0.5, 0.6) is 0 Å². The second kappa shape index (κ2) is 5.57. The highest BCUT2D eigenvalue weighted by Gasteiger charge is 2.30. The molecule has 8 heteroatoms. The Hall–Kier alpha value is -1.47. The molecule has 0 aliphatic heterocycles. The van der Waals surface area contributed by atoms with Gasteiger partial charge in [-0.1, -0.05) is 13.8 Å². The number of carbonyl (C=O) groups is 2. The van der Waals surface area contributed by atoms with Crippen LogP contribution in [0.2, 0.25) is 0 Å². The molecule has 0 spiro atoms. The van der Waals surface area contributed by atoms with E-state index in [4.69, 9.17) is 5.73 Å². The molecular weight excluding hydrogens is 229 g/mol. The van der Waals surface area contributed by atoms with E-state index in [0.717, 1.165) is 0 Å². The quantitative estimate of drug-likeness (QED) is 0.764. The van der Waals surface area contributed by atoms with Crippen LogP contribution in [0.15, 0.2) is 0 Å². The van der Waals surface area contributed by atoms with E-state index in [1.165, 1.54) is 0 Å². The molecular formula is C8H13F3N2O3. The molecule has 0 aliphatic rings. The minimum Gasteiger partial charge on any atom is -0.440 e. The Labute approximate surface area is 90.1 Å². The van der Waals surface area contributed by atoms with Crippen LogP contribution in [0.3, 0.4) is 0 Å². The van der Waals surface area contributed by atoms with E-state index >= 15 is 0 Å². The summed E-state index contributed by atoms with van der Waals surface area (Å²) in [6, 6.07) is -1.05. The van der Waals surface area contributed by atoms with Crippen molar-refractivity contribution < 1.29 is 27.5 Å². The maximum Gasteiger partial charge on any atom is 0.422 e. The number of alkyl carbamates (subject to hydrolysis) is 1. The van der Waals surface area contributed by atoms with E-state index < -0.39 is 30.8 Å². The maximum absolute atomic E-state index is 11.7. The summed E-state index contributed by atoms with van der Waals surface area (Å²) in [4.78, 5) is 21.7. The number of primary amides is 1. The molecule has 1 atom stereocenters. The molecule has 94 valence electrons. The third-order valence-corrected chi connectivity index (χ3v) is 1.61. The normalized spacial score (nSPS) is 13.4. The van der Waals surface area contributed by atoms with Gasteiger partial charge in [0, 0.05) is 0 Å². The Balaban J connectivity index is 4.17. The monoisotopic (exact) mass is 242 g/mol. The summed E-state index contributed by atoms with van der Waals surface area (Å²) in [7, 11) is 0. The van der Waals surface area contributed by atoms with Gasteiger partial charge in [0.25, 0.3) is 0 Å². The predicted molar refractivity (Wildman–Crippen MR) is 48.4 cm³/mol. The molecule has 0 aliphatic carbocycles. The number of rotatable bonds is 4. The Morgan fingerprint density at radius 2 is 1.88 bits per heavy atom. The standard InChI is InChI=1S/C8H13F3N2O3/c1-4(2)5(6(12)14)13-7(15)16-3-8(9,10)11/h4-5H,3H2,1-2H3,(H2,12,14)(H,13,15). The lowest BCUT2D eigenvalue weighted by atomic mass is 10.0. The van der Waals surface area contributed by atoms with Crippen molar-refractivity contribution in [3.8, 4) is 0 Å². The molecule has 0 rings (SSSR count). The number of carbonyl (C=O) groups excluding carboxylic acids is 2. The zero-order valence-electron chi connectivity index (χ0n) is 8.80. The minimum atomic E-state index is -4.60. The highest BCUT2D eigenvalue weighted by atomic mass is 19.4. The Kier molecular flexibility index (Phi) is 5.06. The summed E-state index contributed by atoms with van der Waals surface area (Å²) in [5.41, 5.74) is 4.94. The van der Waals surface area contributed by atoms with Crippen LogP contribution in [-0.4, -0.2) is 30.8 Å². The van der Waals surface area contributed by atoms with E-state index in [2.05, 4.69) is 4.74 Å². The molecule has 1 unspecified atom stereocenters. The van der Waals surface area contributed by atoms with Crippen molar-refractivity contribution in [1.82, 2.24) is 5.32 Å². The number of hydrogen-bond donors (Lipinski definition) is 2. The van der Waals surface area contributed by atoms with Crippen molar-refractivity contribution in [2.75, 3.05) is 6.61 Å². The number of nitrogens with two attached hydrogens (primary N) is 1. The fourth-order valence-corrected chi connectivity index (χ4v) is 0.882. The Morgan fingerprint density at radius 3 is 2.19 bits per heavy atom. The molecule has 16 heavy (non-hydrogen) atoms. The summed E-state index contributed by atoms with van der Waals surface area (Å²) >= 11 is 0. The average molecular weight is 242 g/mol. The molecule has 3 N–H and O–H groups in total. The van der Waals surface area contributed by atoms with Crippen molar-refractivity contribution in [1.29, 1.82) is 0 Å². The van der Waals surface area contributed by atoms with Gasteiger partial charge in [-0.3, -0.25) is 4.79 Å². The Morgan fingerprint density at radius 1 is 1.38 bits per heavy atom. The first-order valence-electron chi connectivity index (χ1n) is 4.43. The summed E-state index contributed by atoms with van der Waals surface area (Å²) in [5.74, 6) is -1.17. The molecule has 0 aromatic heterocycles. The number of alkyl halides is 3. The van der Waals surface area contributed by atoms with Gasteiger partial charge in [0.05, 0.1) is 0 Å². The van der Waals surface area contributed by atoms with Gasteiger partial charge in [0.15, 0.2) is 6.61 Å². The zero-order chi connectivity index (χ0) is 12.9. The van der Waals surface area contributed by atoms with Crippen molar-refractivity contribution in [2.45, 2.75) is 26.1 Å². The molecule has 0 aromatic carbocycles. The first-order valence-corrected chi connectivity index (χ1v) is 4.43. The molecule has 0 aromatic rings. The first-order chi connectivity index (χ1) is 7.13. The SMILES string of the molecule is CC(C)C(NC(=O)OCC(F)(F)F)C(N)=O. The van der Waals surface area contributed by atoms with E-state index in [0.29, 0.717) is 0 Å². The lowest BCUT2D eigenvalue weighted by Gasteiger charge is -2.18. The van der Waals surface area contributed by atoms with Crippen LogP contribution >= 0.6 is 0 Å². The van der Waals surface area contributed by atoms with Crippen molar-refractivity contribution in [3.05, 3.63) is 0 Å². The number of ether oxygens (including phenoxy) is 1. The smallest absolute Gasteiger partial charge is 0.422 e. The number of amides is 2. The molecule has 0 radical (unpaired) electrons. The second-order valence-corrected chi connectivity index (χ2v) is 3.46. The van der Waals surface area contributed by atoms with Gasteiger partial charge in [0.1, 0.15) is 6.04 Å². The molecule has 0 saturated carbocycles. The van der Waals surface area contributed by atoms with Crippen LogP contribution in [0.1, 0.15) is 13.8 Å². The summed E-state index contributed by atoms with van der Waals surface area (Å²) < 4.78 is 38.9. The topological polar surface area (TPSA) is 81.4 Å². The van der Waals surface area contributed by atoms with Gasteiger partial charge >= 0.3 is 12.3 Å². The van der Waals surface area contributed by atoms with Gasteiger partial charge in [-0.2, -0.15) is 13.2 Å². The number of halogens is 3. The third kappa shape index (κ3) is 6.10. The fraction of sp³-hybridized carbons (Fsp3) is 0.750. The molecule has 0 bridgehead atoms. The van der Waals surface area contributed by atoms with E-state index in [-0.39, 0.29) is 5.92 Å². The van der Waals surface area contributed by atoms with Gasteiger partial charge in [-0.15, -0.1) is 0 Å². The Bertz CT molecular complexity index is 266. The fourth-order valence-electron chi connectivity index (χ4n) is 0.882. The van der Waals surface area contributed by atoms with E-state index in [1.807, 2.05) is 5.32 Å². The van der Waals surface area contributed by atoms with Gasteiger partial charge in [0.2, 0.25) is 5.91 Å². The summed E-state index contributed by atoms with van der Waals surface area (Å²) in [5, 5.41) is 1.95. The molecule has 0 heterocycles. The third-order valence-electron chi connectivity index (χ3n) is 1.61. The largest absolute Gasteiger partial charge is 0.440 e. The summed E-state index contributed by atoms with van der Waals surface area (Å²) in [6.45, 7) is 1.46.